The van der Waals surface area contributed by atoms with Gasteiger partial charge >= 0.3 is 0 Å². The molecule has 0 bridgehead atoms. The Bertz CT molecular complexity index is 577. The SMILES string of the molecule is C/C=C/CCn1c(=S)[nH]c2ccc(C)nc21. The number of H-pyrrole nitrogens is 1. The topological polar surface area (TPSA) is 33.6 Å². The van der Waals surface area contributed by atoms with Gasteiger partial charge in [-0.05, 0) is 44.6 Å². The van der Waals surface area contributed by atoms with Gasteiger partial charge in [-0.2, -0.15) is 0 Å². The molecule has 0 unspecified atom stereocenters. The van der Waals surface area contributed by atoms with Gasteiger partial charge in [0.25, 0.3) is 0 Å². The number of allylic oxidation sites excluding steroid dienone is 2. The Hall–Kier alpha value is -1.42. The number of fused-ring (bicyclic) bond motifs is 1. The van der Waals surface area contributed by atoms with Crippen molar-refractivity contribution < 1.29 is 0 Å². The zero-order valence-corrected chi connectivity index (χ0v) is 10.3. The van der Waals surface area contributed by atoms with Crippen molar-refractivity contribution in [2.75, 3.05) is 0 Å². The number of nitrogens with one attached hydrogen (secondary N) is 1. The first-order valence-electron chi connectivity index (χ1n) is 5.39. The fourth-order valence-electron chi connectivity index (χ4n) is 1.70. The highest BCUT2D eigenvalue weighted by molar-refractivity contribution is 7.71. The molecule has 2 aromatic heterocycles. The van der Waals surface area contributed by atoms with Crippen LogP contribution < -0.4 is 0 Å². The molecule has 84 valence electrons. The van der Waals surface area contributed by atoms with Gasteiger partial charge in [0.15, 0.2) is 10.4 Å². The number of hydrogen-bond acceptors (Lipinski definition) is 2. The Kier molecular flexibility index (Phi) is 3.19. The third-order valence-corrected chi connectivity index (χ3v) is 2.83. The van der Waals surface area contributed by atoms with Gasteiger partial charge in [0, 0.05) is 12.2 Å². The van der Waals surface area contributed by atoms with Crippen LogP contribution in [-0.2, 0) is 6.54 Å². The van der Waals surface area contributed by atoms with E-state index in [0.717, 1.165) is 34.6 Å². The van der Waals surface area contributed by atoms with Crippen LogP contribution in [-0.4, -0.2) is 14.5 Å². The van der Waals surface area contributed by atoms with Crippen LogP contribution in [0.3, 0.4) is 0 Å². The molecule has 3 nitrogen and oxygen atoms in total. The van der Waals surface area contributed by atoms with Gasteiger partial charge in [0.2, 0.25) is 0 Å². The molecule has 0 atom stereocenters. The molecule has 0 aliphatic rings. The van der Waals surface area contributed by atoms with Gasteiger partial charge < -0.3 is 9.55 Å². The molecule has 0 amide bonds. The monoisotopic (exact) mass is 233 g/mol. The number of aromatic amines is 1. The van der Waals surface area contributed by atoms with Crippen molar-refractivity contribution >= 4 is 23.4 Å². The summed E-state index contributed by atoms with van der Waals surface area (Å²) in [6.07, 6.45) is 5.17. The second-order valence-electron chi connectivity index (χ2n) is 3.76. The summed E-state index contributed by atoms with van der Waals surface area (Å²) < 4.78 is 2.80. The normalized spacial score (nSPS) is 11.6. The van der Waals surface area contributed by atoms with E-state index in [1.54, 1.807) is 0 Å². The third-order valence-electron chi connectivity index (χ3n) is 2.51. The number of hydrogen-bond donors (Lipinski definition) is 1. The average Bonchev–Trinajstić information content (AvgIpc) is 2.56. The average molecular weight is 233 g/mol. The molecule has 0 radical (unpaired) electrons. The zero-order chi connectivity index (χ0) is 11.5. The van der Waals surface area contributed by atoms with Crippen LogP contribution in [0.2, 0.25) is 0 Å². The summed E-state index contributed by atoms with van der Waals surface area (Å²) in [7, 11) is 0. The summed E-state index contributed by atoms with van der Waals surface area (Å²) in [6.45, 7) is 4.89. The van der Waals surface area contributed by atoms with Crippen LogP contribution in [0.5, 0.6) is 0 Å². The summed E-state index contributed by atoms with van der Waals surface area (Å²) in [4.78, 5) is 7.69. The number of rotatable bonds is 3. The molecular weight excluding hydrogens is 218 g/mol. The molecule has 16 heavy (non-hydrogen) atoms. The smallest absolute Gasteiger partial charge is 0.179 e. The van der Waals surface area contributed by atoms with Crippen molar-refractivity contribution in [1.29, 1.82) is 0 Å². The molecule has 0 fully saturated rings. The Labute approximate surface area is 99.8 Å². The lowest BCUT2D eigenvalue weighted by molar-refractivity contribution is 0.713. The van der Waals surface area contributed by atoms with E-state index in [0.29, 0.717) is 0 Å². The van der Waals surface area contributed by atoms with Gasteiger partial charge in [-0.3, -0.25) is 0 Å². The van der Waals surface area contributed by atoms with Crippen molar-refractivity contribution in [3.63, 3.8) is 0 Å². The predicted octanol–water partition coefficient (Wildman–Crippen LogP) is 3.37. The van der Waals surface area contributed by atoms with E-state index in [1.807, 2.05) is 26.0 Å². The van der Waals surface area contributed by atoms with E-state index in [1.165, 1.54) is 0 Å². The minimum atomic E-state index is 0.748. The lowest BCUT2D eigenvalue weighted by atomic mass is 10.3. The fourth-order valence-corrected chi connectivity index (χ4v) is 1.99. The molecular formula is C12H15N3S. The van der Waals surface area contributed by atoms with Gasteiger partial charge in [-0.15, -0.1) is 0 Å². The molecule has 0 aliphatic carbocycles. The Morgan fingerprint density at radius 3 is 3.06 bits per heavy atom. The van der Waals surface area contributed by atoms with Crippen LogP contribution in [0.1, 0.15) is 19.0 Å². The van der Waals surface area contributed by atoms with E-state index in [-0.39, 0.29) is 0 Å². The third kappa shape index (κ3) is 2.07. The second kappa shape index (κ2) is 4.61. The van der Waals surface area contributed by atoms with Gasteiger partial charge in [-0.1, -0.05) is 12.2 Å². The predicted molar refractivity (Wildman–Crippen MR) is 69.1 cm³/mol. The number of nitrogens with zero attached hydrogens (tertiary/aromatic N) is 2. The molecule has 2 heterocycles. The van der Waals surface area contributed by atoms with Gasteiger partial charge in [-0.25, -0.2) is 4.98 Å². The van der Waals surface area contributed by atoms with Crippen LogP contribution >= 0.6 is 12.2 Å². The summed E-state index contributed by atoms with van der Waals surface area (Å²) in [6, 6.07) is 4.02. The first-order valence-corrected chi connectivity index (χ1v) is 5.80. The molecule has 0 saturated carbocycles. The lowest BCUT2D eigenvalue weighted by Crippen LogP contribution is -1.98. The largest absolute Gasteiger partial charge is 0.329 e. The highest BCUT2D eigenvalue weighted by atomic mass is 32.1. The van der Waals surface area contributed by atoms with Crippen LogP contribution in [0.25, 0.3) is 11.2 Å². The van der Waals surface area contributed by atoms with Crippen molar-refractivity contribution in [3.8, 4) is 0 Å². The highest BCUT2D eigenvalue weighted by Gasteiger charge is 2.04. The summed E-state index contributed by atoms with van der Waals surface area (Å²) in [5.41, 5.74) is 2.98. The van der Waals surface area contributed by atoms with Gasteiger partial charge in [0.1, 0.15) is 0 Å². The molecule has 0 aromatic carbocycles. The van der Waals surface area contributed by atoms with Crippen molar-refractivity contribution in [2.24, 2.45) is 0 Å². The molecule has 2 aromatic rings. The maximum Gasteiger partial charge on any atom is 0.179 e. The summed E-state index contributed by atoms with van der Waals surface area (Å²) in [5, 5.41) is 0. The minimum absolute atomic E-state index is 0.748. The molecule has 0 aliphatic heterocycles. The first kappa shape index (κ1) is 11.1. The minimum Gasteiger partial charge on any atom is -0.329 e. The molecule has 0 spiro atoms. The number of imidazole rings is 1. The fraction of sp³-hybridized carbons (Fsp3) is 0.333. The van der Waals surface area contributed by atoms with E-state index in [4.69, 9.17) is 12.2 Å². The number of pyridine rings is 1. The van der Waals surface area contributed by atoms with Crippen molar-refractivity contribution in [1.82, 2.24) is 14.5 Å². The van der Waals surface area contributed by atoms with E-state index < -0.39 is 0 Å². The Morgan fingerprint density at radius 1 is 1.50 bits per heavy atom. The number of aryl methyl sites for hydroxylation is 2. The van der Waals surface area contributed by atoms with Crippen LogP contribution in [0, 0.1) is 11.7 Å². The maximum absolute atomic E-state index is 5.29. The van der Waals surface area contributed by atoms with Crippen molar-refractivity contribution in [2.45, 2.75) is 26.8 Å². The van der Waals surface area contributed by atoms with Crippen LogP contribution in [0.4, 0.5) is 0 Å². The first-order chi connectivity index (χ1) is 7.72. The molecule has 4 heteroatoms. The Balaban J connectivity index is 2.46. The van der Waals surface area contributed by atoms with E-state index in [2.05, 4.69) is 26.7 Å². The van der Waals surface area contributed by atoms with Gasteiger partial charge in [0.05, 0.1) is 5.52 Å². The molecule has 2 rings (SSSR count). The number of aromatic nitrogens is 3. The zero-order valence-electron chi connectivity index (χ0n) is 9.53. The lowest BCUT2D eigenvalue weighted by Gasteiger charge is -2.01. The standard InChI is InChI=1S/C12H15N3S/c1-3-4-5-8-15-11-10(14-12(15)16)7-6-9(2)13-11/h3-4,6-7H,5,8H2,1-2H3,(H,14,16)/b4-3+. The van der Waals surface area contributed by atoms with Crippen molar-refractivity contribution in [3.05, 3.63) is 34.7 Å². The maximum atomic E-state index is 5.29. The second-order valence-corrected chi connectivity index (χ2v) is 4.15. The molecule has 1 N–H and O–H groups in total. The van der Waals surface area contributed by atoms with E-state index in [9.17, 15) is 0 Å². The summed E-state index contributed by atoms with van der Waals surface area (Å²) in [5.74, 6) is 0. The van der Waals surface area contributed by atoms with E-state index >= 15 is 0 Å². The highest BCUT2D eigenvalue weighted by Crippen LogP contribution is 2.12. The Morgan fingerprint density at radius 2 is 2.31 bits per heavy atom. The summed E-state index contributed by atoms with van der Waals surface area (Å²) >= 11 is 5.29. The molecule has 0 saturated heterocycles. The quantitative estimate of drug-likeness (QED) is 0.651. The van der Waals surface area contributed by atoms with Crippen LogP contribution in [0.15, 0.2) is 24.3 Å².